The third kappa shape index (κ3) is 4.39. The molecule has 0 spiro atoms. The monoisotopic (exact) mass is 347 g/mol. The molecule has 0 fully saturated rings. The van der Waals surface area contributed by atoms with E-state index in [1.807, 2.05) is 67.6 Å². The predicted molar refractivity (Wildman–Crippen MR) is 106 cm³/mol. The minimum atomic E-state index is -0.203. The molecule has 0 saturated heterocycles. The van der Waals surface area contributed by atoms with Crippen LogP contribution in [0.2, 0.25) is 0 Å². The Balaban J connectivity index is 1.55. The molecular formula is C21H21N3O2. The molecule has 3 aromatic rings. The number of fused-ring (bicyclic) bond motifs is 1. The lowest BCUT2D eigenvalue weighted by Crippen LogP contribution is -2.26. The van der Waals surface area contributed by atoms with Crippen molar-refractivity contribution in [3.63, 3.8) is 0 Å². The molecule has 0 heterocycles. The van der Waals surface area contributed by atoms with Gasteiger partial charge in [0.15, 0.2) is 0 Å². The number of methoxy groups -OCH3 is 1. The van der Waals surface area contributed by atoms with Crippen molar-refractivity contribution in [3.8, 4) is 5.75 Å². The van der Waals surface area contributed by atoms with Crippen molar-refractivity contribution in [2.24, 2.45) is 5.10 Å². The molecule has 5 nitrogen and oxygen atoms in total. The van der Waals surface area contributed by atoms with E-state index in [9.17, 15) is 4.79 Å². The molecule has 0 atom stereocenters. The van der Waals surface area contributed by atoms with E-state index in [2.05, 4.69) is 21.9 Å². The number of carbonyl (C=O) groups is 1. The van der Waals surface area contributed by atoms with Crippen LogP contribution in [0.1, 0.15) is 12.5 Å². The Morgan fingerprint density at radius 2 is 1.73 bits per heavy atom. The highest BCUT2D eigenvalue weighted by molar-refractivity contribution is 5.99. The van der Waals surface area contributed by atoms with Gasteiger partial charge in [-0.1, -0.05) is 30.3 Å². The fraction of sp³-hybridized carbons (Fsp3) is 0.143. The number of benzene rings is 3. The average Bonchev–Trinajstić information content (AvgIpc) is 2.70. The highest BCUT2D eigenvalue weighted by Gasteiger charge is 2.03. The van der Waals surface area contributed by atoms with Crippen LogP contribution < -0.4 is 15.5 Å². The highest BCUT2D eigenvalue weighted by Crippen LogP contribution is 2.18. The van der Waals surface area contributed by atoms with Crippen LogP contribution in [0.3, 0.4) is 0 Å². The molecule has 0 aliphatic heterocycles. The number of hydrazone groups is 1. The molecule has 3 rings (SSSR count). The zero-order chi connectivity index (χ0) is 18.4. The Kier molecular flexibility index (Phi) is 5.49. The molecule has 2 N–H and O–H groups in total. The van der Waals surface area contributed by atoms with Crippen molar-refractivity contribution in [1.82, 2.24) is 5.43 Å². The third-order valence-electron chi connectivity index (χ3n) is 4.06. The lowest BCUT2D eigenvalue weighted by atomic mass is 10.1. The smallest absolute Gasteiger partial charge is 0.259 e. The first-order chi connectivity index (χ1) is 12.7. The van der Waals surface area contributed by atoms with Gasteiger partial charge >= 0.3 is 0 Å². The van der Waals surface area contributed by atoms with E-state index in [0.717, 1.165) is 28.1 Å². The van der Waals surface area contributed by atoms with E-state index < -0.39 is 0 Å². The molecule has 0 bridgehead atoms. The second-order valence-electron chi connectivity index (χ2n) is 5.88. The summed E-state index contributed by atoms with van der Waals surface area (Å²) in [5.41, 5.74) is 5.12. The van der Waals surface area contributed by atoms with Crippen molar-refractivity contribution >= 4 is 28.1 Å². The number of hydrogen-bond donors (Lipinski definition) is 2. The molecule has 1 amide bonds. The van der Waals surface area contributed by atoms with E-state index in [4.69, 9.17) is 4.74 Å². The van der Waals surface area contributed by atoms with Crippen molar-refractivity contribution in [2.75, 3.05) is 19.0 Å². The summed E-state index contributed by atoms with van der Waals surface area (Å²) in [6.07, 6.45) is 0. The van der Waals surface area contributed by atoms with Gasteiger partial charge in [0, 0.05) is 5.69 Å². The van der Waals surface area contributed by atoms with Crippen LogP contribution in [-0.4, -0.2) is 25.3 Å². The first-order valence-corrected chi connectivity index (χ1v) is 8.36. The van der Waals surface area contributed by atoms with Crippen LogP contribution in [0.5, 0.6) is 5.75 Å². The van der Waals surface area contributed by atoms with Crippen LogP contribution in [0.15, 0.2) is 71.8 Å². The Morgan fingerprint density at radius 3 is 2.46 bits per heavy atom. The first kappa shape index (κ1) is 17.5. The van der Waals surface area contributed by atoms with Crippen molar-refractivity contribution in [2.45, 2.75) is 6.92 Å². The maximum absolute atomic E-state index is 12.0. The summed E-state index contributed by atoms with van der Waals surface area (Å²) in [7, 11) is 1.62. The number of nitrogens with one attached hydrogen (secondary N) is 2. The second kappa shape index (κ2) is 8.16. The topological polar surface area (TPSA) is 62.7 Å². The molecule has 0 unspecified atom stereocenters. The van der Waals surface area contributed by atoms with Gasteiger partial charge in [-0.25, -0.2) is 5.43 Å². The highest BCUT2D eigenvalue weighted by atomic mass is 16.5. The van der Waals surface area contributed by atoms with Crippen LogP contribution in [0.4, 0.5) is 5.69 Å². The molecule has 0 aliphatic carbocycles. The summed E-state index contributed by atoms with van der Waals surface area (Å²) in [5.74, 6) is 0.580. The minimum Gasteiger partial charge on any atom is -0.497 e. The van der Waals surface area contributed by atoms with E-state index in [0.29, 0.717) is 0 Å². The second-order valence-corrected chi connectivity index (χ2v) is 5.88. The van der Waals surface area contributed by atoms with Gasteiger partial charge in [-0.15, -0.1) is 0 Å². The molecule has 0 saturated carbocycles. The summed E-state index contributed by atoms with van der Waals surface area (Å²) in [6.45, 7) is 2.00. The van der Waals surface area contributed by atoms with Gasteiger partial charge in [0.05, 0.1) is 19.4 Å². The molecule has 0 radical (unpaired) electrons. The van der Waals surface area contributed by atoms with Gasteiger partial charge in [-0.05, 0) is 59.7 Å². The molecule has 0 aliphatic rings. The quantitative estimate of drug-likeness (QED) is 0.527. The number of ether oxygens (including phenoxy) is 1. The van der Waals surface area contributed by atoms with Gasteiger partial charge in [0.2, 0.25) is 0 Å². The van der Waals surface area contributed by atoms with Gasteiger partial charge in [-0.3, -0.25) is 4.79 Å². The average molecular weight is 347 g/mol. The van der Waals surface area contributed by atoms with Crippen LogP contribution in [0.25, 0.3) is 10.8 Å². The summed E-state index contributed by atoms with van der Waals surface area (Å²) in [4.78, 5) is 12.0. The fourth-order valence-electron chi connectivity index (χ4n) is 2.56. The van der Waals surface area contributed by atoms with Gasteiger partial charge in [0.25, 0.3) is 5.91 Å². The Labute approximate surface area is 152 Å². The fourth-order valence-corrected chi connectivity index (χ4v) is 2.56. The number of nitrogens with zero attached hydrogens (tertiary/aromatic N) is 1. The number of anilines is 1. The summed E-state index contributed by atoms with van der Waals surface area (Å²) in [5, 5.41) is 9.57. The lowest BCUT2D eigenvalue weighted by Gasteiger charge is -2.07. The lowest BCUT2D eigenvalue weighted by molar-refractivity contribution is -0.119. The zero-order valence-corrected chi connectivity index (χ0v) is 14.8. The summed E-state index contributed by atoms with van der Waals surface area (Å²) >= 11 is 0. The molecule has 5 heteroatoms. The largest absolute Gasteiger partial charge is 0.497 e. The summed E-state index contributed by atoms with van der Waals surface area (Å²) < 4.78 is 5.13. The Bertz CT molecular complexity index is 933. The van der Waals surface area contributed by atoms with Gasteiger partial charge < -0.3 is 10.1 Å². The standard InChI is InChI=1S/C21H21N3O2/c1-15(16-8-11-20(26-2)12-9-16)23-24-21(25)14-22-19-10-7-17-5-3-4-6-18(17)13-19/h3-13,22H,14H2,1-2H3,(H,24,25)/b23-15+. The van der Waals surface area contributed by atoms with E-state index in [1.165, 1.54) is 5.39 Å². The number of amides is 1. The number of hydrogen-bond acceptors (Lipinski definition) is 4. The maximum Gasteiger partial charge on any atom is 0.259 e. The minimum absolute atomic E-state index is 0.151. The molecule has 0 aromatic heterocycles. The Morgan fingerprint density at radius 1 is 1.00 bits per heavy atom. The Hall–Kier alpha value is -3.34. The number of carbonyl (C=O) groups excluding carboxylic acids is 1. The van der Waals surface area contributed by atoms with Crippen molar-refractivity contribution in [1.29, 1.82) is 0 Å². The predicted octanol–water partition coefficient (Wildman–Crippen LogP) is 3.80. The van der Waals surface area contributed by atoms with Gasteiger partial charge in [-0.2, -0.15) is 5.10 Å². The summed E-state index contributed by atoms with van der Waals surface area (Å²) in [6, 6.07) is 21.6. The van der Waals surface area contributed by atoms with E-state index in [1.54, 1.807) is 7.11 Å². The SMILES string of the molecule is COc1ccc(/C(C)=N/NC(=O)CNc2ccc3ccccc3c2)cc1. The zero-order valence-electron chi connectivity index (χ0n) is 14.8. The van der Waals surface area contributed by atoms with E-state index >= 15 is 0 Å². The normalized spacial score (nSPS) is 11.2. The molecule has 132 valence electrons. The molecule has 26 heavy (non-hydrogen) atoms. The first-order valence-electron chi connectivity index (χ1n) is 8.36. The number of rotatable bonds is 6. The van der Waals surface area contributed by atoms with Crippen molar-refractivity contribution < 1.29 is 9.53 Å². The van der Waals surface area contributed by atoms with Gasteiger partial charge in [0.1, 0.15) is 5.75 Å². The van der Waals surface area contributed by atoms with Crippen LogP contribution in [-0.2, 0) is 4.79 Å². The molecule has 3 aromatic carbocycles. The maximum atomic E-state index is 12.0. The molecular weight excluding hydrogens is 326 g/mol. The van der Waals surface area contributed by atoms with Crippen LogP contribution in [0, 0.1) is 0 Å². The van der Waals surface area contributed by atoms with Crippen LogP contribution >= 0.6 is 0 Å². The van der Waals surface area contributed by atoms with Crippen molar-refractivity contribution in [3.05, 3.63) is 72.3 Å². The van der Waals surface area contributed by atoms with E-state index in [-0.39, 0.29) is 12.5 Å². The third-order valence-corrected chi connectivity index (χ3v) is 4.06.